The van der Waals surface area contributed by atoms with Crippen molar-refractivity contribution < 1.29 is 19.0 Å². The van der Waals surface area contributed by atoms with Gasteiger partial charge in [0.1, 0.15) is 6.26 Å². The maximum atomic E-state index is 10.7. The van der Waals surface area contributed by atoms with Crippen LogP contribution in [-0.4, -0.2) is 19.4 Å². The van der Waals surface area contributed by atoms with E-state index in [4.69, 9.17) is 4.74 Å². The van der Waals surface area contributed by atoms with Crippen LogP contribution < -0.4 is 0 Å². The molecule has 0 fully saturated rings. The third kappa shape index (κ3) is 1.40. The Hall–Kier alpha value is -1.19. The predicted octanol–water partition coefficient (Wildman–Crippen LogP) is 0.395. The summed E-state index contributed by atoms with van der Waals surface area (Å²) >= 11 is 0. The minimum atomic E-state index is -0.472. The van der Waals surface area contributed by atoms with Gasteiger partial charge in [0, 0.05) is 0 Å². The van der Waals surface area contributed by atoms with Crippen LogP contribution in [0.1, 0.15) is 6.92 Å². The van der Waals surface area contributed by atoms with Crippen molar-refractivity contribution in [1.82, 2.24) is 0 Å². The summed E-state index contributed by atoms with van der Waals surface area (Å²) in [4.78, 5) is 10.7. The molecule has 56 valence electrons. The van der Waals surface area contributed by atoms with E-state index in [9.17, 15) is 4.79 Å². The Labute approximate surface area is 58.4 Å². The van der Waals surface area contributed by atoms with Gasteiger partial charge in [-0.2, -0.15) is 0 Å². The highest BCUT2D eigenvalue weighted by Crippen LogP contribution is 2.07. The quantitative estimate of drug-likeness (QED) is 0.526. The average Bonchev–Trinajstić information content (AvgIpc) is 2.38. The summed E-state index contributed by atoms with van der Waals surface area (Å²) in [6, 6.07) is 0. The Morgan fingerprint density at radius 1 is 1.90 bits per heavy atom. The molecule has 1 aliphatic heterocycles. The van der Waals surface area contributed by atoms with E-state index in [2.05, 4.69) is 9.47 Å². The molecule has 0 radical (unpaired) electrons. The van der Waals surface area contributed by atoms with Gasteiger partial charge in [0.2, 0.25) is 12.6 Å². The first-order chi connectivity index (χ1) is 4.84. The molecule has 4 heteroatoms. The van der Waals surface area contributed by atoms with Gasteiger partial charge in [-0.3, -0.25) is 0 Å². The van der Waals surface area contributed by atoms with Crippen molar-refractivity contribution in [2.75, 3.05) is 13.4 Å². The van der Waals surface area contributed by atoms with Gasteiger partial charge in [-0.05, 0) is 6.92 Å². The van der Waals surface area contributed by atoms with Crippen LogP contribution in [0.4, 0.5) is 0 Å². The van der Waals surface area contributed by atoms with Gasteiger partial charge in [0.05, 0.1) is 6.61 Å². The molecule has 0 aromatic carbocycles. The topological polar surface area (TPSA) is 44.8 Å². The fraction of sp³-hybridized carbons (Fsp3) is 0.500. The standard InChI is InChI=1S/C6H8O4/c1-2-9-6(7)5-3-8-4-10-5/h3H,2,4H2,1H3. The van der Waals surface area contributed by atoms with Crippen molar-refractivity contribution in [3.63, 3.8) is 0 Å². The molecule has 1 heterocycles. The van der Waals surface area contributed by atoms with Crippen molar-refractivity contribution in [1.29, 1.82) is 0 Å². The molecule has 10 heavy (non-hydrogen) atoms. The summed E-state index contributed by atoms with van der Waals surface area (Å²) in [6.45, 7) is 2.18. The van der Waals surface area contributed by atoms with Crippen molar-refractivity contribution in [2.24, 2.45) is 0 Å². The fourth-order valence-corrected chi connectivity index (χ4v) is 0.550. The summed E-state index contributed by atoms with van der Waals surface area (Å²) in [5, 5.41) is 0. The Morgan fingerprint density at radius 2 is 2.70 bits per heavy atom. The van der Waals surface area contributed by atoms with E-state index in [1.165, 1.54) is 6.26 Å². The Bertz CT molecular complexity index is 161. The molecule has 0 aromatic heterocycles. The zero-order valence-corrected chi connectivity index (χ0v) is 5.62. The lowest BCUT2D eigenvalue weighted by Crippen LogP contribution is -2.07. The first-order valence-electron chi connectivity index (χ1n) is 2.96. The van der Waals surface area contributed by atoms with Crippen molar-refractivity contribution in [3.05, 3.63) is 12.0 Å². The Morgan fingerprint density at radius 3 is 3.20 bits per heavy atom. The van der Waals surface area contributed by atoms with E-state index in [-0.39, 0.29) is 12.6 Å². The maximum Gasteiger partial charge on any atom is 0.377 e. The molecule has 0 N–H and O–H groups in total. The smallest absolute Gasteiger partial charge is 0.377 e. The van der Waals surface area contributed by atoms with E-state index >= 15 is 0 Å². The van der Waals surface area contributed by atoms with Crippen molar-refractivity contribution in [2.45, 2.75) is 6.92 Å². The van der Waals surface area contributed by atoms with E-state index in [1.807, 2.05) is 0 Å². The Balaban J connectivity index is 2.40. The minimum absolute atomic E-state index is 0.105. The van der Waals surface area contributed by atoms with Gasteiger partial charge < -0.3 is 14.2 Å². The summed E-state index contributed by atoms with van der Waals surface area (Å²) < 4.78 is 14.0. The maximum absolute atomic E-state index is 10.7. The molecule has 0 spiro atoms. The highest BCUT2D eigenvalue weighted by molar-refractivity contribution is 5.86. The monoisotopic (exact) mass is 144 g/mol. The van der Waals surface area contributed by atoms with Gasteiger partial charge in [0.15, 0.2) is 0 Å². The second-order valence-corrected chi connectivity index (χ2v) is 1.63. The molecular weight excluding hydrogens is 136 g/mol. The number of hydrogen-bond acceptors (Lipinski definition) is 4. The molecular formula is C6H8O4. The average molecular weight is 144 g/mol. The molecule has 0 amide bonds. The molecule has 0 unspecified atom stereocenters. The van der Waals surface area contributed by atoms with Crippen LogP contribution >= 0.6 is 0 Å². The molecule has 0 aromatic rings. The molecule has 4 nitrogen and oxygen atoms in total. The summed E-state index contributed by atoms with van der Waals surface area (Å²) in [6.07, 6.45) is 1.25. The van der Waals surface area contributed by atoms with Gasteiger partial charge in [0.25, 0.3) is 0 Å². The number of ether oxygens (including phenoxy) is 3. The predicted molar refractivity (Wildman–Crippen MR) is 31.8 cm³/mol. The van der Waals surface area contributed by atoms with Gasteiger partial charge in [-0.15, -0.1) is 0 Å². The SMILES string of the molecule is CCOC(=O)C1=COCO1. The van der Waals surface area contributed by atoms with E-state index in [1.54, 1.807) is 6.92 Å². The second-order valence-electron chi connectivity index (χ2n) is 1.63. The first kappa shape index (κ1) is 6.92. The summed E-state index contributed by atoms with van der Waals surface area (Å²) in [7, 11) is 0. The molecule has 0 atom stereocenters. The number of carbonyl (C=O) groups is 1. The first-order valence-corrected chi connectivity index (χ1v) is 2.96. The van der Waals surface area contributed by atoms with Crippen molar-refractivity contribution >= 4 is 5.97 Å². The third-order valence-electron chi connectivity index (χ3n) is 0.949. The largest absolute Gasteiger partial charge is 0.461 e. The Kier molecular flexibility index (Phi) is 2.15. The van der Waals surface area contributed by atoms with Crippen LogP contribution in [0.3, 0.4) is 0 Å². The molecule has 1 aliphatic rings. The zero-order valence-electron chi connectivity index (χ0n) is 5.62. The third-order valence-corrected chi connectivity index (χ3v) is 0.949. The summed E-state index contributed by atoms with van der Waals surface area (Å²) in [5.74, 6) is -0.332. The number of carbonyl (C=O) groups excluding carboxylic acids is 1. The van der Waals surface area contributed by atoms with Crippen LogP contribution in [0.5, 0.6) is 0 Å². The highest BCUT2D eigenvalue weighted by Gasteiger charge is 2.16. The second kappa shape index (κ2) is 3.10. The van der Waals surface area contributed by atoms with Gasteiger partial charge in [-0.25, -0.2) is 4.79 Å². The number of esters is 1. The lowest BCUT2D eigenvalue weighted by Gasteiger charge is -1.98. The van der Waals surface area contributed by atoms with E-state index in [0.717, 1.165) is 0 Å². The fourth-order valence-electron chi connectivity index (χ4n) is 0.550. The van der Waals surface area contributed by atoms with Crippen LogP contribution in [0.2, 0.25) is 0 Å². The van der Waals surface area contributed by atoms with Crippen LogP contribution in [-0.2, 0) is 19.0 Å². The van der Waals surface area contributed by atoms with Gasteiger partial charge in [-0.1, -0.05) is 0 Å². The van der Waals surface area contributed by atoms with Crippen LogP contribution in [0.15, 0.2) is 12.0 Å². The lowest BCUT2D eigenvalue weighted by molar-refractivity contribution is -0.142. The zero-order chi connectivity index (χ0) is 7.40. The molecule has 0 aliphatic carbocycles. The van der Waals surface area contributed by atoms with Crippen LogP contribution in [0, 0.1) is 0 Å². The van der Waals surface area contributed by atoms with E-state index in [0.29, 0.717) is 6.61 Å². The van der Waals surface area contributed by atoms with Crippen LogP contribution in [0.25, 0.3) is 0 Å². The lowest BCUT2D eigenvalue weighted by atomic mass is 10.5. The normalized spacial score (nSPS) is 15.1. The number of rotatable bonds is 2. The van der Waals surface area contributed by atoms with Crippen molar-refractivity contribution in [3.8, 4) is 0 Å². The van der Waals surface area contributed by atoms with E-state index < -0.39 is 5.97 Å². The number of hydrogen-bond donors (Lipinski definition) is 0. The minimum Gasteiger partial charge on any atom is -0.461 e. The highest BCUT2D eigenvalue weighted by atomic mass is 16.7. The molecule has 0 saturated heterocycles. The molecule has 0 saturated carbocycles. The molecule has 1 rings (SSSR count). The summed E-state index contributed by atoms with van der Waals surface area (Å²) in [5.41, 5.74) is 0. The van der Waals surface area contributed by atoms with Gasteiger partial charge >= 0.3 is 5.97 Å². The molecule has 0 bridgehead atoms.